The van der Waals surface area contributed by atoms with Crippen molar-refractivity contribution in [3.05, 3.63) is 0 Å². The molecule has 0 aromatic carbocycles. The summed E-state index contributed by atoms with van der Waals surface area (Å²) in [4.78, 5) is 2.78. The van der Waals surface area contributed by atoms with Gasteiger partial charge in [-0.3, -0.25) is 4.90 Å². The molecule has 20 heavy (non-hydrogen) atoms. The molecule has 1 fully saturated rings. The van der Waals surface area contributed by atoms with Crippen molar-refractivity contribution in [2.24, 2.45) is 0 Å². The predicted octanol–water partition coefficient (Wildman–Crippen LogP) is 4.59. The van der Waals surface area contributed by atoms with Crippen LogP contribution in [0.2, 0.25) is 0 Å². The molecule has 2 nitrogen and oxygen atoms in total. The number of nitrogens with one attached hydrogen (secondary N) is 1. The summed E-state index contributed by atoms with van der Waals surface area (Å²) in [6.45, 7) is 13.1. The quantitative estimate of drug-likeness (QED) is 0.590. The van der Waals surface area contributed by atoms with Crippen LogP contribution in [0.1, 0.15) is 85.5 Å². The molecule has 1 N–H and O–H groups in total. The predicted molar refractivity (Wildman–Crippen MR) is 90.3 cm³/mol. The van der Waals surface area contributed by atoms with E-state index in [2.05, 4.69) is 37.9 Å². The van der Waals surface area contributed by atoms with Crippen LogP contribution in [-0.4, -0.2) is 36.1 Å². The lowest BCUT2D eigenvalue weighted by Gasteiger charge is -2.47. The first-order valence-electron chi connectivity index (χ1n) is 9.20. The molecule has 0 aromatic rings. The minimum Gasteiger partial charge on any atom is -0.308 e. The lowest BCUT2D eigenvalue weighted by molar-refractivity contribution is 0.0690. The highest BCUT2D eigenvalue weighted by Crippen LogP contribution is 2.24. The summed E-state index contributed by atoms with van der Waals surface area (Å²) in [6.07, 6.45) is 12.2. The van der Waals surface area contributed by atoms with Crippen LogP contribution >= 0.6 is 0 Å². The maximum Gasteiger partial charge on any atom is 0.0304 e. The first-order chi connectivity index (χ1) is 9.71. The smallest absolute Gasteiger partial charge is 0.0304 e. The molecule has 0 spiro atoms. The molecular weight excluding hydrogens is 244 g/mol. The largest absolute Gasteiger partial charge is 0.308 e. The monoisotopic (exact) mass is 282 g/mol. The van der Waals surface area contributed by atoms with E-state index in [1.165, 1.54) is 77.4 Å². The third-order valence-corrected chi connectivity index (χ3v) is 5.36. The molecule has 0 saturated carbocycles. The van der Waals surface area contributed by atoms with E-state index in [9.17, 15) is 0 Å². The van der Waals surface area contributed by atoms with Crippen LogP contribution in [-0.2, 0) is 0 Å². The minimum absolute atomic E-state index is 0.383. The second-order valence-corrected chi connectivity index (χ2v) is 6.67. The molecule has 1 saturated heterocycles. The summed E-state index contributed by atoms with van der Waals surface area (Å²) in [5.41, 5.74) is 0.383. The highest BCUT2D eigenvalue weighted by atomic mass is 15.2. The Morgan fingerprint density at radius 2 is 1.60 bits per heavy atom. The van der Waals surface area contributed by atoms with Gasteiger partial charge in [-0.2, -0.15) is 0 Å². The van der Waals surface area contributed by atoms with Gasteiger partial charge in [0.05, 0.1) is 0 Å². The van der Waals surface area contributed by atoms with E-state index in [-0.39, 0.29) is 0 Å². The van der Waals surface area contributed by atoms with Gasteiger partial charge in [-0.1, -0.05) is 59.8 Å². The average molecular weight is 283 g/mol. The molecule has 1 unspecified atom stereocenters. The molecule has 1 heterocycles. The molecule has 1 aliphatic rings. The molecule has 0 radical (unpaired) electrons. The highest BCUT2D eigenvalue weighted by molar-refractivity contribution is 4.96. The Morgan fingerprint density at radius 1 is 0.950 bits per heavy atom. The summed E-state index contributed by atoms with van der Waals surface area (Å²) in [5.74, 6) is 0. The molecule has 0 amide bonds. The Morgan fingerprint density at radius 3 is 2.20 bits per heavy atom. The number of unbranched alkanes of at least 4 members (excludes halogenated alkanes) is 5. The number of hydrogen-bond donors (Lipinski definition) is 1. The molecule has 2 heteroatoms. The van der Waals surface area contributed by atoms with Gasteiger partial charge in [0, 0.05) is 24.7 Å². The van der Waals surface area contributed by atoms with Crippen LogP contribution in [0.25, 0.3) is 0 Å². The standard InChI is InChI=1S/C18H38N2/c1-5-9-10-11-12-13-14-20-16-18(7-3,8-4)19-15-17(20)6-2/h17,19H,5-16H2,1-4H3. The molecule has 0 bridgehead atoms. The van der Waals surface area contributed by atoms with Crippen molar-refractivity contribution in [1.29, 1.82) is 0 Å². The van der Waals surface area contributed by atoms with Gasteiger partial charge in [0.2, 0.25) is 0 Å². The van der Waals surface area contributed by atoms with Gasteiger partial charge in [-0.05, 0) is 32.2 Å². The zero-order chi connectivity index (χ0) is 14.8. The third kappa shape index (κ3) is 5.37. The molecule has 0 aromatic heterocycles. The van der Waals surface area contributed by atoms with E-state index in [4.69, 9.17) is 0 Å². The number of piperazine rings is 1. The van der Waals surface area contributed by atoms with Gasteiger partial charge >= 0.3 is 0 Å². The molecule has 0 aliphatic carbocycles. The van der Waals surface area contributed by atoms with E-state index >= 15 is 0 Å². The zero-order valence-corrected chi connectivity index (χ0v) is 14.5. The minimum atomic E-state index is 0.383. The van der Waals surface area contributed by atoms with Crippen molar-refractivity contribution in [1.82, 2.24) is 10.2 Å². The topological polar surface area (TPSA) is 15.3 Å². The Hall–Kier alpha value is -0.0800. The van der Waals surface area contributed by atoms with Gasteiger partial charge in [0.1, 0.15) is 0 Å². The van der Waals surface area contributed by atoms with Crippen LogP contribution in [0, 0.1) is 0 Å². The fourth-order valence-corrected chi connectivity index (χ4v) is 3.52. The van der Waals surface area contributed by atoms with Crippen LogP contribution in [0.4, 0.5) is 0 Å². The SMILES string of the molecule is CCCCCCCCN1CC(CC)(CC)NCC1CC. The lowest BCUT2D eigenvalue weighted by Crippen LogP contribution is -2.63. The maximum atomic E-state index is 3.84. The third-order valence-electron chi connectivity index (χ3n) is 5.36. The molecule has 1 atom stereocenters. The molecular formula is C18H38N2. The van der Waals surface area contributed by atoms with Crippen molar-refractivity contribution < 1.29 is 0 Å². The summed E-state index contributed by atoms with van der Waals surface area (Å²) in [7, 11) is 0. The van der Waals surface area contributed by atoms with Gasteiger partial charge in [-0.15, -0.1) is 0 Å². The van der Waals surface area contributed by atoms with Crippen LogP contribution < -0.4 is 5.32 Å². The summed E-state index contributed by atoms with van der Waals surface area (Å²) < 4.78 is 0. The van der Waals surface area contributed by atoms with E-state index in [1.54, 1.807) is 0 Å². The lowest BCUT2D eigenvalue weighted by atomic mass is 9.88. The van der Waals surface area contributed by atoms with Crippen molar-refractivity contribution in [2.45, 2.75) is 97.1 Å². The summed E-state index contributed by atoms with van der Waals surface area (Å²) in [6, 6.07) is 0.761. The van der Waals surface area contributed by atoms with Crippen LogP contribution in [0.5, 0.6) is 0 Å². The summed E-state index contributed by atoms with van der Waals surface area (Å²) >= 11 is 0. The summed E-state index contributed by atoms with van der Waals surface area (Å²) in [5, 5.41) is 3.84. The van der Waals surface area contributed by atoms with Crippen LogP contribution in [0.3, 0.4) is 0 Å². The van der Waals surface area contributed by atoms with Crippen molar-refractivity contribution in [3.63, 3.8) is 0 Å². The fourth-order valence-electron chi connectivity index (χ4n) is 3.52. The van der Waals surface area contributed by atoms with E-state index in [0.29, 0.717) is 5.54 Å². The molecule has 1 aliphatic heterocycles. The van der Waals surface area contributed by atoms with Gasteiger partial charge in [0.15, 0.2) is 0 Å². The van der Waals surface area contributed by atoms with E-state index in [1.807, 2.05) is 0 Å². The first-order valence-corrected chi connectivity index (χ1v) is 9.20. The number of hydrogen-bond acceptors (Lipinski definition) is 2. The van der Waals surface area contributed by atoms with Gasteiger partial charge in [-0.25, -0.2) is 0 Å². The Bertz CT molecular complexity index is 236. The van der Waals surface area contributed by atoms with Gasteiger partial charge < -0.3 is 5.32 Å². The normalized spacial score (nSPS) is 23.1. The van der Waals surface area contributed by atoms with E-state index < -0.39 is 0 Å². The highest BCUT2D eigenvalue weighted by Gasteiger charge is 2.35. The molecule has 120 valence electrons. The second-order valence-electron chi connectivity index (χ2n) is 6.67. The number of nitrogens with zero attached hydrogens (tertiary/aromatic N) is 1. The fraction of sp³-hybridized carbons (Fsp3) is 1.00. The number of rotatable bonds is 10. The Balaban J connectivity index is 2.35. The van der Waals surface area contributed by atoms with E-state index in [0.717, 1.165) is 6.04 Å². The van der Waals surface area contributed by atoms with Crippen LogP contribution in [0.15, 0.2) is 0 Å². The first kappa shape index (κ1) is 18.0. The second kappa shape index (κ2) is 9.78. The van der Waals surface area contributed by atoms with Crippen molar-refractivity contribution >= 4 is 0 Å². The van der Waals surface area contributed by atoms with Crippen molar-refractivity contribution in [2.75, 3.05) is 19.6 Å². The Labute approximate surface area is 127 Å². The van der Waals surface area contributed by atoms with Crippen molar-refractivity contribution in [3.8, 4) is 0 Å². The van der Waals surface area contributed by atoms with Gasteiger partial charge in [0.25, 0.3) is 0 Å². The Kier molecular flexibility index (Phi) is 8.79. The average Bonchev–Trinajstić information content (AvgIpc) is 2.50. The zero-order valence-electron chi connectivity index (χ0n) is 14.5. The molecule has 1 rings (SSSR count). The maximum absolute atomic E-state index is 3.84.